The highest BCUT2D eigenvalue weighted by Gasteiger charge is 2.28. The van der Waals surface area contributed by atoms with Crippen molar-refractivity contribution in [3.05, 3.63) is 23.7 Å². The molecule has 3 heterocycles. The topological polar surface area (TPSA) is 63.9 Å². The third-order valence-electron chi connectivity index (χ3n) is 4.27. The maximum absolute atomic E-state index is 12.2. The van der Waals surface area contributed by atoms with Crippen LogP contribution in [0.5, 0.6) is 0 Å². The number of carbonyl (C=O) groups is 1. The molecule has 6 nitrogen and oxygen atoms in total. The average molecular weight is 308 g/mol. The fourth-order valence-corrected chi connectivity index (χ4v) is 3.03. The van der Waals surface area contributed by atoms with Gasteiger partial charge in [-0.2, -0.15) is 0 Å². The summed E-state index contributed by atoms with van der Waals surface area (Å²) in [5.74, 6) is 1.77. The minimum absolute atomic E-state index is 0.0148. The van der Waals surface area contributed by atoms with Gasteiger partial charge in [-0.1, -0.05) is 0 Å². The molecule has 2 fully saturated rings. The molecule has 1 aromatic rings. The SMILES string of the molecule is Cc1ccc([C@H](CNC(=O)[C@@H]2CCCO2)N2CCOCC2)o1. The zero-order chi connectivity index (χ0) is 15.4. The van der Waals surface area contributed by atoms with E-state index in [0.29, 0.717) is 13.2 Å². The predicted octanol–water partition coefficient (Wildman–Crippen LogP) is 1.26. The zero-order valence-electron chi connectivity index (χ0n) is 13.0. The molecule has 0 unspecified atom stereocenters. The Morgan fingerprint density at radius 1 is 1.36 bits per heavy atom. The lowest BCUT2D eigenvalue weighted by molar-refractivity contribution is -0.130. The van der Waals surface area contributed by atoms with Crippen LogP contribution in [0.25, 0.3) is 0 Å². The van der Waals surface area contributed by atoms with Gasteiger partial charge in [0.05, 0.1) is 19.3 Å². The Bertz CT molecular complexity index is 490. The minimum atomic E-state index is -0.288. The van der Waals surface area contributed by atoms with Gasteiger partial charge in [-0.05, 0) is 31.9 Å². The summed E-state index contributed by atoms with van der Waals surface area (Å²) in [6.07, 6.45) is 1.49. The van der Waals surface area contributed by atoms with Crippen molar-refractivity contribution in [1.82, 2.24) is 10.2 Å². The van der Waals surface area contributed by atoms with Crippen LogP contribution in [0.3, 0.4) is 0 Å². The lowest BCUT2D eigenvalue weighted by Crippen LogP contribution is -2.45. The van der Waals surface area contributed by atoms with Crippen LogP contribution in [0.4, 0.5) is 0 Å². The van der Waals surface area contributed by atoms with Crippen LogP contribution in [-0.2, 0) is 14.3 Å². The van der Waals surface area contributed by atoms with E-state index in [0.717, 1.165) is 50.7 Å². The molecule has 0 saturated carbocycles. The molecule has 0 spiro atoms. The first-order chi connectivity index (χ1) is 10.7. The standard InChI is InChI=1S/C16H24N2O4/c1-12-4-5-14(22-12)13(18-6-9-20-10-7-18)11-17-16(19)15-3-2-8-21-15/h4-5,13,15H,2-3,6-11H2,1H3,(H,17,19)/t13-,15-/m0/s1. The number of furan rings is 1. The molecular weight excluding hydrogens is 284 g/mol. The number of carbonyl (C=O) groups excluding carboxylic acids is 1. The summed E-state index contributed by atoms with van der Waals surface area (Å²) in [6.45, 7) is 6.28. The van der Waals surface area contributed by atoms with Gasteiger partial charge in [0.15, 0.2) is 0 Å². The molecule has 0 radical (unpaired) electrons. The highest BCUT2D eigenvalue weighted by molar-refractivity contribution is 5.81. The van der Waals surface area contributed by atoms with Gasteiger partial charge < -0.3 is 19.2 Å². The third kappa shape index (κ3) is 3.69. The van der Waals surface area contributed by atoms with E-state index in [-0.39, 0.29) is 18.1 Å². The first-order valence-corrected chi connectivity index (χ1v) is 8.01. The van der Waals surface area contributed by atoms with Crippen molar-refractivity contribution in [2.45, 2.75) is 31.9 Å². The Hall–Kier alpha value is -1.37. The summed E-state index contributed by atoms with van der Waals surface area (Å²) in [4.78, 5) is 14.5. The third-order valence-corrected chi connectivity index (χ3v) is 4.27. The molecule has 0 bridgehead atoms. The van der Waals surface area contributed by atoms with Crippen LogP contribution in [-0.4, -0.2) is 56.4 Å². The van der Waals surface area contributed by atoms with E-state index in [1.54, 1.807) is 0 Å². The second-order valence-electron chi connectivity index (χ2n) is 5.86. The van der Waals surface area contributed by atoms with Gasteiger partial charge in [-0.3, -0.25) is 9.69 Å². The first-order valence-electron chi connectivity index (χ1n) is 8.01. The molecular formula is C16H24N2O4. The van der Waals surface area contributed by atoms with Gasteiger partial charge in [0, 0.05) is 26.2 Å². The van der Waals surface area contributed by atoms with Crippen molar-refractivity contribution in [2.24, 2.45) is 0 Å². The molecule has 1 N–H and O–H groups in total. The monoisotopic (exact) mass is 308 g/mol. The largest absolute Gasteiger partial charge is 0.465 e. The highest BCUT2D eigenvalue weighted by Crippen LogP contribution is 2.23. The summed E-state index contributed by atoms with van der Waals surface area (Å²) < 4.78 is 16.6. The number of nitrogens with one attached hydrogen (secondary N) is 1. The Balaban J connectivity index is 1.63. The second-order valence-corrected chi connectivity index (χ2v) is 5.86. The number of hydrogen-bond donors (Lipinski definition) is 1. The Labute approximate surface area is 130 Å². The summed E-state index contributed by atoms with van der Waals surface area (Å²) in [7, 11) is 0. The van der Waals surface area contributed by atoms with Crippen LogP contribution in [0.2, 0.25) is 0 Å². The van der Waals surface area contributed by atoms with Crippen LogP contribution in [0.15, 0.2) is 16.5 Å². The van der Waals surface area contributed by atoms with Gasteiger partial charge in [0.25, 0.3) is 0 Å². The smallest absolute Gasteiger partial charge is 0.249 e. The fraction of sp³-hybridized carbons (Fsp3) is 0.688. The Morgan fingerprint density at radius 3 is 2.82 bits per heavy atom. The van der Waals surface area contributed by atoms with Crippen molar-refractivity contribution >= 4 is 5.91 Å². The predicted molar refractivity (Wildman–Crippen MR) is 80.6 cm³/mol. The van der Waals surface area contributed by atoms with Crippen molar-refractivity contribution in [3.63, 3.8) is 0 Å². The summed E-state index contributed by atoms with van der Waals surface area (Å²) in [5, 5.41) is 3.02. The quantitative estimate of drug-likeness (QED) is 0.887. The Kier molecular flexibility index (Phi) is 5.12. The van der Waals surface area contributed by atoms with Crippen LogP contribution in [0.1, 0.15) is 30.4 Å². The summed E-state index contributed by atoms with van der Waals surface area (Å²) in [6, 6.07) is 4.00. The minimum Gasteiger partial charge on any atom is -0.465 e. The van der Waals surface area contributed by atoms with Gasteiger partial charge in [0.1, 0.15) is 17.6 Å². The molecule has 1 aromatic heterocycles. The van der Waals surface area contributed by atoms with Gasteiger partial charge in [0.2, 0.25) is 5.91 Å². The van der Waals surface area contributed by atoms with Crippen LogP contribution < -0.4 is 5.32 Å². The van der Waals surface area contributed by atoms with Crippen molar-refractivity contribution < 1.29 is 18.7 Å². The lowest BCUT2D eigenvalue weighted by Gasteiger charge is -2.33. The number of ether oxygens (including phenoxy) is 2. The van der Waals surface area contributed by atoms with Gasteiger partial charge in [-0.25, -0.2) is 0 Å². The number of amides is 1. The summed E-state index contributed by atoms with van der Waals surface area (Å²) >= 11 is 0. The van der Waals surface area contributed by atoms with Gasteiger partial charge in [-0.15, -0.1) is 0 Å². The molecule has 3 rings (SSSR count). The number of aryl methyl sites for hydroxylation is 1. The van der Waals surface area contributed by atoms with E-state index >= 15 is 0 Å². The van der Waals surface area contributed by atoms with E-state index < -0.39 is 0 Å². The van der Waals surface area contributed by atoms with E-state index in [2.05, 4.69) is 10.2 Å². The number of morpholine rings is 1. The van der Waals surface area contributed by atoms with Crippen molar-refractivity contribution in [3.8, 4) is 0 Å². The van der Waals surface area contributed by atoms with Crippen LogP contribution in [0, 0.1) is 6.92 Å². The normalized spacial score (nSPS) is 24.3. The lowest BCUT2D eigenvalue weighted by atomic mass is 10.1. The molecule has 2 aliphatic heterocycles. The molecule has 2 atom stereocenters. The van der Waals surface area contributed by atoms with Crippen LogP contribution >= 0.6 is 0 Å². The maximum Gasteiger partial charge on any atom is 0.249 e. The Morgan fingerprint density at radius 2 is 2.18 bits per heavy atom. The average Bonchev–Trinajstić information content (AvgIpc) is 3.20. The second kappa shape index (κ2) is 7.26. The number of nitrogens with zero attached hydrogens (tertiary/aromatic N) is 1. The zero-order valence-corrected chi connectivity index (χ0v) is 13.0. The fourth-order valence-electron chi connectivity index (χ4n) is 3.03. The molecule has 122 valence electrons. The molecule has 2 aliphatic rings. The molecule has 6 heteroatoms. The molecule has 0 aromatic carbocycles. The van der Waals surface area contributed by atoms with Gasteiger partial charge >= 0.3 is 0 Å². The molecule has 1 amide bonds. The van der Waals surface area contributed by atoms with E-state index in [4.69, 9.17) is 13.9 Å². The molecule has 0 aliphatic carbocycles. The van der Waals surface area contributed by atoms with Crippen molar-refractivity contribution in [2.75, 3.05) is 39.5 Å². The maximum atomic E-state index is 12.2. The molecule has 22 heavy (non-hydrogen) atoms. The first kappa shape index (κ1) is 15.5. The number of hydrogen-bond acceptors (Lipinski definition) is 5. The highest BCUT2D eigenvalue weighted by atomic mass is 16.5. The van der Waals surface area contributed by atoms with E-state index in [1.807, 2.05) is 19.1 Å². The number of rotatable bonds is 5. The van der Waals surface area contributed by atoms with Crippen molar-refractivity contribution in [1.29, 1.82) is 0 Å². The summed E-state index contributed by atoms with van der Waals surface area (Å²) in [5.41, 5.74) is 0. The molecule has 2 saturated heterocycles. The van der Waals surface area contributed by atoms with E-state index in [1.165, 1.54) is 0 Å². The van der Waals surface area contributed by atoms with E-state index in [9.17, 15) is 4.79 Å².